The maximum Gasteiger partial charge on any atom is 0.258 e. The highest BCUT2D eigenvalue weighted by molar-refractivity contribution is 6.31. The van der Waals surface area contributed by atoms with Gasteiger partial charge in [0.25, 0.3) is 5.91 Å². The quantitative estimate of drug-likeness (QED) is 0.484. The predicted molar refractivity (Wildman–Crippen MR) is 121 cm³/mol. The van der Waals surface area contributed by atoms with Gasteiger partial charge in [-0.3, -0.25) is 9.59 Å². The lowest BCUT2D eigenvalue weighted by Gasteiger charge is -2.70. The summed E-state index contributed by atoms with van der Waals surface area (Å²) in [5.74, 6) is -0.225. The van der Waals surface area contributed by atoms with Gasteiger partial charge in [0.2, 0.25) is 0 Å². The second-order valence-corrected chi connectivity index (χ2v) is 9.78. The lowest BCUT2D eigenvalue weighted by atomic mass is 9.38. The SMILES string of the molecule is O=C(COc1ccc(Cl)c(F)c1)NC12CC(CC(=O)C(CCO)Oc3ccc(Cl)cc3)(C1)C2. The molecule has 3 aliphatic carbocycles. The van der Waals surface area contributed by atoms with Crippen LogP contribution in [0.4, 0.5) is 4.39 Å². The summed E-state index contributed by atoms with van der Waals surface area (Å²) in [5.41, 5.74) is -0.447. The van der Waals surface area contributed by atoms with Crippen LogP contribution in [-0.4, -0.2) is 41.7 Å². The minimum absolute atomic E-state index is 0.0136. The summed E-state index contributed by atoms with van der Waals surface area (Å²) in [6.45, 7) is -0.392. The number of hydrogen-bond donors (Lipinski definition) is 2. The summed E-state index contributed by atoms with van der Waals surface area (Å²) in [6.07, 6.45) is 1.94. The molecular formula is C24H24Cl2FNO5. The van der Waals surface area contributed by atoms with Crippen LogP contribution in [0.3, 0.4) is 0 Å². The number of benzene rings is 2. The number of hydrogen-bond acceptors (Lipinski definition) is 5. The van der Waals surface area contributed by atoms with Crippen LogP contribution in [0.25, 0.3) is 0 Å². The standard InChI is InChI=1S/C24H24Cl2FNO5/c25-15-1-3-16(4-2-15)33-21(7-8-29)20(30)10-23-12-24(13-23,14-23)28-22(31)11-32-17-5-6-18(26)19(27)9-17/h1-6,9,21,29H,7-8,10-14H2,(H,28,31). The molecule has 6 nitrogen and oxygen atoms in total. The number of halogens is 3. The van der Waals surface area contributed by atoms with Crippen LogP contribution in [0.1, 0.15) is 32.1 Å². The molecule has 0 aromatic heterocycles. The van der Waals surface area contributed by atoms with Crippen LogP contribution < -0.4 is 14.8 Å². The molecule has 1 unspecified atom stereocenters. The third-order valence-corrected chi connectivity index (χ3v) is 6.76. The Morgan fingerprint density at radius 1 is 1.09 bits per heavy atom. The van der Waals surface area contributed by atoms with Crippen molar-refractivity contribution in [2.75, 3.05) is 13.2 Å². The Labute approximate surface area is 201 Å². The van der Waals surface area contributed by atoms with Crippen molar-refractivity contribution in [1.82, 2.24) is 5.32 Å². The van der Waals surface area contributed by atoms with Gasteiger partial charge in [-0.25, -0.2) is 4.39 Å². The third kappa shape index (κ3) is 5.42. The molecule has 9 heteroatoms. The van der Waals surface area contributed by atoms with Crippen LogP contribution in [0.2, 0.25) is 10.0 Å². The van der Waals surface area contributed by atoms with Crippen LogP contribution in [0.15, 0.2) is 42.5 Å². The third-order valence-electron chi connectivity index (χ3n) is 6.20. The van der Waals surface area contributed by atoms with Crippen molar-refractivity contribution in [2.24, 2.45) is 5.41 Å². The van der Waals surface area contributed by atoms with Gasteiger partial charge in [0.15, 0.2) is 18.5 Å². The molecule has 2 N–H and O–H groups in total. The van der Waals surface area contributed by atoms with E-state index in [9.17, 15) is 19.1 Å². The van der Waals surface area contributed by atoms with Crippen LogP contribution in [-0.2, 0) is 9.59 Å². The highest BCUT2D eigenvalue weighted by atomic mass is 35.5. The van der Waals surface area contributed by atoms with Crippen molar-refractivity contribution < 1.29 is 28.6 Å². The molecule has 3 aliphatic rings. The number of carbonyl (C=O) groups is 2. The molecule has 0 radical (unpaired) electrons. The van der Waals surface area contributed by atoms with Gasteiger partial charge in [-0.1, -0.05) is 23.2 Å². The molecule has 3 fully saturated rings. The second kappa shape index (κ2) is 9.49. The first-order chi connectivity index (χ1) is 15.7. The Morgan fingerprint density at radius 3 is 2.39 bits per heavy atom. The van der Waals surface area contributed by atoms with Crippen molar-refractivity contribution in [1.29, 1.82) is 0 Å². The lowest BCUT2D eigenvalue weighted by Crippen LogP contribution is -2.75. The Kier molecular flexibility index (Phi) is 6.84. The van der Waals surface area contributed by atoms with Crippen molar-refractivity contribution in [2.45, 2.75) is 43.7 Å². The monoisotopic (exact) mass is 495 g/mol. The number of amides is 1. The highest BCUT2D eigenvalue weighted by Gasteiger charge is 2.68. The summed E-state index contributed by atoms with van der Waals surface area (Å²) in [4.78, 5) is 25.1. The van der Waals surface area contributed by atoms with E-state index < -0.39 is 11.9 Å². The second-order valence-electron chi connectivity index (χ2n) is 8.94. The van der Waals surface area contributed by atoms with E-state index in [4.69, 9.17) is 32.7 Å². The summed E-state index contributed by atoms with van der Waals surface area (Å²) < 4.78 is 24.6. The lowest BCUT2D eigenvalue weighted by molar-refractivity contribution is -0.175. The van der Waals surface area contributed by atoms with E-state index in [0.717, 1.165) is 6.07 Å². The van der Waals surface area contributed by atoms with E-state index in [1.165, 1.54) is 12.1 Å². The molecule has 2 aromatic rings. The zero-order valence-corrected chi connectivity index (χ0v) is 19.3. The molecule has 3 saturated carbocycles. The molecule has 2 bridgehead atoms. The summed E-state index contributed by atoms with van der Waals surface area (Å²) in [6, 6.07) is 10.7. The molecule has 0 heterocycles. The molecule has 33 heavy (non-hydrogen) atoms. The zero-order chi connectivity index (χ0) is 23.6. The van der Waals surface area contributed by atoms with Gasteiger partial charge in [0, 0.05) is 36.1 Å². The molecule has 5 rings (SSSR count). The maximum absolute atomic E-state index is 13.5. The van der Waals surface area contributed by atoms with Gasteiger partial charge in [0.1, 0.15) is 17.3 Å². The molecular weight excluding hydrogens is 472 g/mol. The van der Waals surface area contributed by atoms with E-state index in [1.54, 1.807) is 24.3 Å². The number of carbonyl (C=O) groups excluding carboxylic acids is 2. The summed E-state index contributed by atoms with van der Waals surface area (Å²) >= 11 is 11.5. The minimum atomic E-state index is -0.732. The van der Waals surface area contributed by atoms with E-state index in [2.05, 4.69) is 5.32 Å². The van der Waals surface area contributed by atoms with Gasteiger partial charge >= 0.3 is 0 Å². The smallest absolute Gasteiger partial charge is 0.258 e. The first-order valence-corrected chi connectivity index (χ1v) is 11.4. The Hall–Kier alpha value is -2.35. The van der Waals surface area contributed by atoms with Crippen molar-refractivity contribution in [3.63, 3.8) is 0 Å². The Balaban J connectivity index is 1.24. The molecule has 176 valence electrons. The summed E-state index contributed by atoms with van der Waals surface area (Å²) in [7, 11) is 0. The number of ether oxygens (including phenoxy) is 2. The molecule has 1 amide bonds. The molecule has 0 spiro atoms. The van der Waals surface area contributed by atoms with Gasteiger partial charge < -0.3 is 19.9 Å². The normalized spacial score (nSPS) is 23.6. The molecule has 0 aliphatic heterocycles. The highest BCUT2D eigenvalue weighted by Crippen LogP contribution is 2.69. The van der Waals surface area contributed by atoms with E-state index in [-0.39, 0.29) is 53.1 Å². The van der Waals surface area contributed by atoms with Crippen molar-refractivity contribution in [3.8, 4) is 11.5 Å². The predicted octanol–water partition coefficient (Wildman–Crippen LogP) is 4.34. The van der Waals surface area contributed by atoms with Crippen molar-refractivity contribution >= 4 is 34.9 Å². The summed E-state index contributed by atoms with van der Waals surface area (Å²) in [5, 5.41) is 12.9. The van der Waals surface area contributed by atoms with Gasteiger partial charge in [0.05, 0.1) is 5.02 Å². The van der Waals surface area contributed by atoms with Gasteiger partial charge in [-0.05, 0) is 61.1 Å². The maximum atomic E-state index is 13.5. The average molecular weight is 496 g/mol. The van der Waals surface area contributed by atoms with Gasteiger partial charge in [-0.15, -0.1) is 0 Å². The number of rotatable bonds is 11. The average Bonchev–Trinajstić information content (AvgIpc) is 2.73. The Morgan fingerprint density at radius 2 is 1.76 bits per heavy atom. The van der Waals surface area contributed by atoms with E-state index >= 15 is 0 Å². The molecule has 2 aromatic carbocycles. The topological polar surface area (TPSA) is 84.9 Å². The minimum Gasteiger partial charge on any atom is -0.484 e. The first-order valence-electron chi connectivity index (χ1n) is 10.7. The Bertz CT molecular complexity index is 1030. The van der Waals surface area contributed by atoms with E-state index in [1.807, 2.05) is 0 Å². The number of aliphatic hydroxyl groups is 1. The van der Waals surface area contributed by atoms with Crippen LogP contribution in [0.5, 0.6) is 11.5 Å². The van der Waals surface area contributed by atoms with Crippen LogP contribution >= 0.6 is 23.2 Å². The van der Waals surface area contributed by atoms with E-state index in [0.29, 0.717) is 36.5 Å². The van der Waals surface area contributed by atoms with Crippen molar-refractivity contribution in [3.05, 3.63) is 58.3 Å². The number of ketones is 1. The molecule has 0 saturated heterocycles. The van der Waals surface area contributed by atoms with Gasteiger partial charge in [-0.2, -0.15) is 0 Å². The molecule has 1 atom stereocenters. The number of aliphatic hydroxyl groups excluding tert-OH is 1. The fourth-order valence-corrected chi connectivity index (χ4v) is 5.17. The zero-order valence-electron chi connectivity index (χ0n) is 17.8. The fraction of sp³-hybridized carbons (Fsp3) is 0.417. The largest absolute Gasteiger partial charge is 0.484 e. The number of nitrogens with one attached hydrogen (secondary N) is 1. The number of Topliss-reactive ketones (excluding diaryl/α,β-unsaturated/α-hetero) is 1. The van der Waals surface area contributed by atoms with Crippen LogP contribution in [0, 0.1) is 11.2 Å². The first kappa shape index (κ1) is 23.8. The fourth-order valence-electron chi connectivity index (χ4n) is 4.93.